The lowest BCUT2D eigenvalue weighted by atomic mass is 9.95. The summed E-state index contributed by atoms with van der Waals surface area (Å²) >= 11 is 0. The highest BCUT2D eigenvalue weighted by Gasteiger charge is 2.25. The third kappa shape index (κ3) is 12.1. The van der Waals surface area contributed by atoms with Crippen molar-refractivity contribution in [2.75, 3.05) is 39.6 Å². The van der Waals surface area contributed by atoms with Gasteiger partial charge in [-0.1, -0.05) is 64.8 Å². The van der Waals surface area contributed by atoms with Crippen molar-refractivity contribution >= 4 is 21.5 Å². The molecule has 2 aliphatic heterocycles. The van der Waals surface area contributed by atoms with Crippen LogP contribution in [0.15, 0.2) is 72.8 Å². The second-order valence-electron chi connectivity index (χ2n) is 15.3. The average Bonchev–Trinajstić information content (AvgIpc) is 4.07. The van der Waals surface area contributed by atoms with Crippen LogP contribution in [0.1, 0.15) is 79.1 Å². The monoisotopic (exact) mass is 682 g/mol. The molecule has 0 radical (unpaired) electrons. The molecule has 0 spiro atoms. The Hall–Kier alpha value is -3.48. The fourth-order valence-corrected chi connectivity index (χ4v) is 6.67. The zero-order valence-electron chi connectivity index (χ0n) is 30.7. The molecule has 0 N–H and O–H groups in total. The molecule has 6 heteroatoms. The molecular formula is C44H58O6. The second kappa shape index (κ2) is 18.1. The quantitative estimate of drug-likeness (QED) is 0.0573. The van der Waals surface area contributed by atoms with E-state index in [0.29, 0.717) is 37.3 Å². The van der Waals surface area contributed by atoms with Crippen LogP contribution < -0.4 is 18.9 Å². The molecule has 4 aromatic rings. The Morgan fingerprint density at radius 3 is 1.14 bits per heavy atom. The van der Waals surface area contributed by atoms with Gasteiger partial charge in [0.05, 0.1) is 51.8 Å². The Morgan fingerprint density at radius 1 is 0.480 bits per heavy atom. The van der Waals surface area contributed by atoms with E-state index in [1.54, 1.807) is 0 Å². The predicted molar refractivity (Wildman–Crippen MR) is 203 cm³/mol. The van der Waals surface area contributed by atoms with Gasteiger partial charge in [-0.2, -0.15) is 0 Å². The van der Waals surface area contributed by atoms with E-state index in [1.165, 1.54) is 49.3 Å². The SMILES string of the molecule is CC(CCC(C)CC1CO1)COc1ccc2cc(OCCCCOc3ccc4cc(OCC(C)CCC(C)CC5CO5)ccc4c3)ccc2c1. The number of rotatable bonds is 23. The predicted octanol–water partition coefficient (Wildman–Crippen LogP) is 10.7. The van der Waals surface area contributed by atoms with Gasteiger partial charge in [-0.05, 0) is 132 Å². The molecule has 6 atom stereocenters. The lowest BCUT2D eigenvalue weighted by Gasteiger charge is -2.16. The molecule has 6 rings (SSSR count). The van der Waals surface area contributed by atoms with E-state index in [9.17, 15) is 0 Å². The summed E-state index contributed by atoms with van der Waals surface area (Å²) in [6.07, 6.45) is 10.1. The van der Waals surface area contributed by atoms with Gasteiger partial charge in [0.1, 0.15) is 23.0 Å². The molecule has 0 bridgehead atoms. The summed E-state index contributed by atoms with van der Waals surface area (Å²) in [7, 11) is 0. The topological polar surface area (TPSA) is 62.0 Å². The van der Waals surface area contributed by atoms with Crippen molar-refractivity contribution in [2.45, 2.75) is 91.3 Å². The van der Waals surface area contributed by atoms with Crippen LogP contribution >= 0.6 is 0 Å². The Bertz CT molecular complexity index is 1510. The molecule has 0 saturated carbocycles. The second-order valence-corrected chi connectivity index (χ2v) is 15.3. The number of unbranched alkanes of at least 4 members (excludes halogenated alkanes) is 1. The molecule has 0 aliphatic carbocycles. The van der Waals surface area contributed by atoms with Crippen LogP contribution in [0.4, 0.5) is 0 Å². The Balaban J connectivity index is 0.850. The number of fused-ring (bicyclic) bond motifs is 2. The summed E-state index contributed by atoms with van der Waals surface area (Å²) in [5, 5.41) is 4.65. The zero-order valence-corrected chi connectivity index (χ0v) is 30.7. The van der Waals surface area contributed by atoms with E-state index < -0.39 is 0 Å². The Morgan fingerprint density at radius 2 is 0.800 bits per heavy atom. The van der Waals surface area contributed by atoms with Crippen LogP contribution in [0.5, 0.6) is 23.0 Å². The molecule has 2 fully saturated rings. The molecule has 0 amide bonds. The van der Waals surface area contributed by atoms with Crippen molar-refractivity contribution in [3.8, 4) is 23.0 Å². The number of hydrogen-bond donors (Lipinski definition) is 0. The van der Waals surface area contributed by atoms with Crippen LogP contribution in [-0.4, -0.2) is 51.8 Å². The first kappa shape index (κ1) is 36.3. The maximum atomic E-state index is 6.15. The van der Waals surface area contributed by atoms with Gasteiger partial charge in [-0.25, -0.2) is 0 Å². The Labute approximate surface area is 299 Å². The average molecular weight is 683 g/mol. The van der Waals surface area contributed by atoms with Crippen LogP contribution in [0, 0.1) is 23.7 Å². The first-order chi connectivity index (χ1) is 24.4. The zero-order chi connectivity index (χ0) is 34.7. The van der Waals surface area contributed by atoms with Gasteiger partial charge >= 0.3 is 0 Å². The minimum absolute atomic E-state index is 0.523. The molecule has 2 heterocycles. The highest BCUT2D eigenvalue weighted by molar-refractivity contribution is 5.86. The molecule has 270 valence electrons. The number of hydrogen-bond acceptors (Lipinski definition) is 6. The van der Waals surface area contributed by atoms with Crippen molar-refractivity contribution < 1.29 is 28.4 Å². The van der Waals surface area contributed by atoms with Crippen molar-refractivity contribution in [3.05, 3.63) is 72.8 Å². The summed E-state index contributed by atoms with van der Waals surface area (Å²) in [4.78, 5) is 0. The number of epoxide rings is 2. The molecule has 50 heavy (non-hydrogen) atoms. The summed E-state index contributed by atoms with van der Waals surface area (Å²) < 4.78 is 35.2. The molecule has 6 nitrogen and oxygen atoms in total. The summed E-state index contributed by atoms with van der Waals surface area (Å²) in [5.41, 5.74) is 0. The van der Waals surface area contributed by atoms with Gasteiger partial charge in [-0.3, -0.25) is 0 Å². The largest absolute Gasteiger partial charge is 0.494 e. The Kier molecular flexibility index (Phi) is 13.2. The first-order valence-corrected chi connectivity index (χ1v) is 19.2. The van der Waals surface area contributed by atoms with E-state index in [2.05, 4.69) is 100 Å². The fourth-order valence-electron chi connectivity index (χ4n) is 6.67. The van der Waals surface area contributed by atoms with Gasteiger partial charge in [0.15, 0.2) is 0 Å². The van der Waals surface area contributed by atoms with Crippen LogP contribution in [0.3, 0.4) is 0 Å². The first-order valence-electron chi connectivity index (χ1n) is 19.2. The third-order valence-electron chi connectivity index (χ3n) is 10.2. The lowest BCUT2D eigenvalue weighted by molar-refractivity contribution is 0.240. The summed E-state index contributed by atoms with van der Waals surface area (Å²) in [6, 6.07) is 25.2. The van der Waals surface area contributed by atoms with Gasteiger partial charge < -0.3 is 28.4 Å². The highest BCUT2D eigenvalue weighted by Crippen LogP contribution is 2.29. The van der Waals surface area contributed by atoms with Crippen molar-refractivity contribution in [1.29, 1.82) is 0 Å². The van der Waals surface area contributed by atoms with E-state index in [0.717, 1.165) is 84.9 Å². The summed E-state index contributed by atoms with van der Waals surface area (Å²) in [5.74, 6) is 6.16. The molecule has 6 unspecified atom stereocenters. The van der Waals surface area contributed by atoms with E-state index >= 15 is 0 Å². The van der Waals surface area contributed by atoms with Gasteiger partial charge in [0, 0.05) is 0 Å². The highest BCUT2D eigenvalue weighted by atomic mass is 16.6. The number of benzene rings is 4. The van der Waals surface area contributed by atoms with Crippen LogP contribution in [-0.2, 0) is 9.47 Å². The third-order valence-corrected chi connectivity index (χ3v) is 10.2. The molecular weight excluding hydrogens is 624 g/mol. The fraction of sp³-hybridized carbons (Fsp3) is 0.545. The molecule has 4 aromatic carbocycles. The molecule has 2 saturated heterocycles. The van der Waals surface area contributed by atoms with E-state index in [-0.39, 0.29) is 0 Å². The van der Waals surface area contributed by atoms with Gasteiger partial charge in [-0.15, -0.1) is 0 Å². The van der Waals surface area contributed by atoms with Crippen molar-refractivity contribution in [3.63, 3.8) is 0 Å². The summed E-state index contributed by atoms with van der Waals surface area (Å²) in [6.45, 7) is 14.0. The van der Waals surface area contributed by atoms with Gasteiger partial charge in [0.25, 0.3) is 0 Å². The minimum Gasteiger partial charge on any atom is -0.494 e. The standard InChI is InChI=1S/C44H58O6/c1-31(21-43-29-49-43)7-9-33(3)27-47-41-17-13-35-23-39(15-11-37(35)25-41)45-19-5-6-20-46-40-16-12-38-26-42(18-14-36(38)24-40)48-28-34(4)10-8-32(2)22-44-30-50-44/h11-18,23-26,31-34,43-44H,5-10,19-22,27-30H2,1-4H3. The van der Waals surface area contributed by atoms with Crippen molar-refractivity contribution in [2.24, 2.45) is 23.7 Å². The van der Waals surface area contributed by atoms with E-state index in [4.69, 9.17) is 28.4 Å². The maximum absolute atomic E-state index is 6.15. The van der Waals surface area contributed by atoms with Crippen LogP contribution in [0.25, 0.3) is 21.5 Å². The van der Waals surface area contributed by atoms with E-state index in [1.807, 2.05) is 0 Å². The van der Waals surface area contributed by atoms with Crippen LogP contribution in [0.2, 0.25) is 0 Å². The smallest absolute Gasteiger partial charge is 0.119 e. The lowest BCUT2D eigenvalue weighted by Crippen LogP contribution is -2.10. The number of ether oxygens (including phenoxy) is 6. The minimum atomic E-state index is 0.523. The van der Waals surface area contributed by atoms with Crippen molar-refractivity contribution in [1.82, 2.24) is 0 Å². The maximum Gasteiger partial charge on any atom is 0.119 e. The molecule has 2 aliphatic rings. The van der Waals surface area contributed by atoms with Gasteiger partial charge in [0.2, 0.25) is 0 Å². The molecule has 0 aromatic heterocycles. The normalized spacial score (nSPS) is 19.1.